The maximum atomic E-state index is 10.9. The fraction of sp³-hybridized carbons (Fsp3) is 0.400. The smallest absolute Gasteiger partial charge is 0.147 e. The quantitative estimate of drug-likeness (QED) is 0.922. The highest BCUT2D eigenvalue weighted by Crippen LogP contribution is 2.19. The van der Waals surface area contributed by atoms with E-state index >= 15 is 0 Å². The molecule has 1 aromatic carbocycles. The molecule has 1 rings (SSSR count). The lowest BCUT2D eigenvalue weighted by atomic mass is 10.1. The fourth-order valence-corrected chi connectivity index (χ4v) is 2.09. The van der Waals surface area contributed by atoms with Crippen molar-refractivity contribution in [2.45, 2.75) is 12.5 Å². The van der Waals surface area contributed by atoms with Gasteiger partial charge in [-0.25, -0.2) is 8.42 Å². The van der Waals surface area contributed by atoms with Crippen molar-refractivity contribution in [1.82, 2.24) is 0 Å². The average molecular weight is 293 g/mol. The number of aliphatic hydroxyl groups is 1. The first kappa shape index (κ1) is 12.7. The van der Waals surface area contributed by atoms with Crippen molar-refractivity contribution in [2.75, 3.05) is 12.0 Å². The van der Waals surface area contributed by atoms with Crippen molar-refractivity contribution in [3.63, 3.8) is 0 Å². The predicted molar refractivity (Wildman–Crippen MR) is 63.4 cm³/mol. The van der Waals surface area contributed by atoms with Crippen molar-refractivity contribution in [3.05, 3.63) is 34.3 Å². The second kappa shape index (κ2) is 5.09. The highest BCUT2D eigenvalue weighted by molar-refractivity contribution is 9.10. The third kappa shape index (κ3) is 4.77. The molecule has 1 unspecified atom stereocenters. The Morgan fingerprint density at radius 3 is 2.33 bits per heavy atom. The van der Waals surface area contributed by atoms with Gasteiger partial charge in [-0.1, -0.05) is 28.1 Å². The molecule has 3 nitrogen and oxygen atoms in total. The highest BCUT2D eigenvalue weighted by atomic mass is 79.9. The van der Waals surface area contributed by atoms with Crippen LogP contribution >= 0.6 is 15.9 Å². The first-order valence-corrected chi connectivity index (χ1v) is 7.35. The normalized spacial score (nSPS) is 13.8. The molecule has 0 radical (unpaired) electrons. The first-order valence-electron chi connectivity index (χ1n) is 4.50. The summed E-state index contributed by atoms with van der Waals surface area (Å²) in [5.74, 6) is 0.00420. The molecular weight excluding hydrogens is 280 g/mol. The molecule has 0 aliphatic rings. The zero-order valence-corrected chi connectivity index (χ0v) is 10.8. The molecule has 0 heterocycles. The summed E-state index contributed by atoms with van der Waals surface area (Å²) in [6, 6.07) is 7.19. The van der Waals surface area contributed by atoms with Gasteiger partial charge in [0.25, 0.3) is 0 Å². The molecule has 0 spiro atoms. The molecule has 0 aliphatic carbocycles. The van der Waals surface area contributed by atoms with Gasteiger partial charge in [0, 0.05) is 10.7 Å². The van der Waals surface area contributed by atoms with Crippen molar-refractivity contribution in [2.24, 2.45) is 0 Å². The SMILES string of the molecule is CS(=O)(=O)CCC(O)c1ccc(Br)cc1. The van der Waals surface area contributed by atoms with Crippen LogP contribution < -0.4 is 0 Å². The summed E-state index contributed by atoms with van der Waals surface area (Å²) < 4.78 is 22.7. The summed E-state index contributed by atoms with van der Waals surface area (Å²) in [7, 11) is -3.00. The van der Waals surface area contributed by atoms with Crippen molar-refractivity contribution < 1.29 is 13.5 Å². The second-order valence-corrected chi connectivity index (χ2v) is 6.66. The predicted octanol–water partition coefficient (Wildman–Crippen LogP) is 1.92. The van der Waals surface area contributed by atoms with E-state index in [0.717, 1.165) is 10.0 Å². The number of halogens is 1. The lowest BCUT2D eigenvalue weighted by Crippen LogP contribution is -2.08. The monoisotopic (exact) mass is 292 g/mol. The van der Waals surface area contributed by atoms with Gasteiger partial charge in [-0.15, -0.1) is 0 Å². The fourth-order valence-electron chi connectivity index (χ4n) is 1.18. The van der Waals surface area contributed by atoms with Gasteiger partial charge in [0.2, 0.25) is 0 Å². The molecule has 0 saturated heterocycles. The van der Waals surface area contributed by atoms with E-state index in [2.05, 4.69) is 15.9 Å². The molecule has 1 N–H and O–H groups in total. The van der Waals surface area contributed by atoms with Crippen molar-refractivity contribution >= 4 is 25.8 Å². The lowest BCUT2D eigenvalue weighted by molar-refractivity contribution is 0.174. The number of sulfone groups is 1. The molecule has 0 bridgehead atoms. The molecule has 0 amide bonds. The van der Waals surface area contributed by atoms with Crippen LogP contribution in [0.1, 0.15) is 18.1 Å². The zero-order chi connectivity index (χ0) is 11.5. The molecule has 1 aromatic rings. The first-order chi connectivity index (χ1) is 6.88. The van der Waals surface area contributed by atoms with E-state index in [0.29, 0.717) is 0 Å². The maximum absolute atomic E-state index is 10.9. The summed E-state index contributed by atoms with van der Waals surface area (Å²) in [5, 5.41) is 9.69. The third-order valence-electron chi connectivity index (χ3n) is 2.02. The molecule has 1 atom stereocenters. The number of hydrogen-bond donors (Lipinski definition) is 1. The van der Waals surface area contributed by atoms with Gasteiger partial charge in [-0.05, 0) is 24.1 Å². The third-order valence-corrected chi connectivity index (χ3v) is 3.52. The molecular formula is C10H13BrO3S. The Morgan fingerprint density at radius 1 is 1.33 bits per heavy atom. The Bertz CT molecular complexity index is 411. The van der Waals surface area contributed by atoms with E-state index in [1.807, 2.05) is 12.1 Å². The second-order valence-electron chi connectivity index (χ2n) is 3.49. The van der Waals surface area contributed by atoms with Crippen LogP contribution in [0, 0.1) is 0 Å². The van der Waals surface area contributed by atoms with Crippen molar-refractivity contribution in [1.29, 1.82) is 0 Å². The van der Waals surface area contributed by atoms with Gasteiger partial charge < -0.3 is 5.11 Å². The van der Waals surface area contributed by atoms with Crippen LogP contribution in [0.25, 0.3) is 0 Å². The van der Waals surface area contributed by atoms with Crippen LogP contribution in [0.2, 0.25) is 0 Å². The van der Waals surface area contributed by atoms with Crippen molar-refractivity contribution in [3.8, 4) is 0 Å². The largest absolute Gasteiger partial charge is 0.388 e. The Hall–Kier alpha value is -0.390. The Labute approximate surface area is 98.2 Å². The summed E-state index contributed by atoms with van der Waals surface area (Å²) in [6.07, 6.45) is 0.690. The molecule has 0 saturated carbocycles. The topological polar surface area (TPSA) is 54.4 Å². The highest BCUT2D eigenvalue weighted by Gasteiger charge is 2.10. The van der Waals surface area contributed by atoms with Gasteiger partial charge in [0.1, 0.15) is 9.84 Å². The molecule has 15 heavy (non-hydrogen) atoms. The number of hydrogen-bond acceptors (Lipinski definition) is 3. The van der Waals surface area contributed by atoms with Crippen LogP contribution in [0.5, 0.6) is 0 Å². The van der Waals surface area contributed by atoms with E-state index in [1.54, 1.807) is 12.1 Å². The minimum Gasteiger partial charge on any atom is -0.388 e. The summed E-state index contributed by atoms with van der Waals surface area (Å²) in [5.41, 5.74) is 0.738. The van der Waals surface area contributed by atoms with E-state index < -0.39 is 15.9 Å². The summed E-state index contributed by atoms with van der Waals surface area (Å²) in [6.45, 7) is 0. The Kier molecular flexibility index (Phi) is 4.31. The molecule has 0 fully saturated rings. The van der Waals surface area contributed by atoms with Crippen LogP contribution in [0.3, 0.4) is 0 Å². The van der Waals surface area contributed by atoms with Crippen LogP contribution in [-0.2, 0) is 9.84 Å². The van der Waals surface area contributed by atoms with Crippen LogP contribution in [-0.4, -0.2) is 25.5 Å². The zero-order valence-electron chi connectivity index (χ0n) is 8.35. The van der Waals surface area contributed by atoms with E-state index in [9.17, 15) is 13.5 Å². The van der Waals surface area contributed by atoms with Gasteiger partial charge in [-0.3, -0.25) is 0 Å². The molecule has 5 heteroatoms. The molecule has 0 aliphatic heterocycles. The lowest BCUT2D eigenvalue weighted by Gasteiger charge is -2.09. The number of aliphatic hydroxyl groups excluding tert-OH is 1. The van der Waals surface area contributed by atoms with E-state index in [1.165, 1.54) is 6.26 Å². The summed E-state index contributed by atoms with van der Waals surface area (Å²) >= 11 is 3.29. The van der Waals surface area contributed by atoms with Gasteiger partial charge >= 0.3 is 0 Å². The summed E-state index contributed by atoms with van der Waals surface area (Å²) in [4.78, 5) is 0. The van der Waals surface area contributed by atoms with E-state index in [4.69, 9.17) is 0 Å². The van der Waals surface area contributed by atoms with Crippen LogP contribution in [0.4, 0.5) is 0 Å². The Morgan fingerprint density at radius 2 is 1.87 bits per heavy atom. The Balaban J connectivity index is 2.61. The van der Waals surface area contributed by atoms with Crippen LogP contribution in [0.15, 0.2) is 28.7 Å². The molecule has 0 aromatic heterocycles. The average Bonchev–Trinajstić information content (AvgIpc) is 2.14. The standard InChI is InChI=1S/C10H13BrO3S/c1-15(13,14)7-6-10(12)8-2-4-9(11)5-3-8/h2-5,10,12H,6-7H2,1H3. The number of benzene rings is 1. The minimum atomic E-state index is -3.00. The number of rotatable bonds is 4. The van der Waals surface area contributed by atoms with Gasteiger partial charge in [0.15, 0.2) is 0 Å². The van der Waals surface area contributed by atoms with Gasteiger partial charge in [0.05, 0.1) is 11.9 Å². The maximum Gasteiger partial charge on any atom is 0.147 e. The van der Waals surface area contributed by atoms with E-state index in [-0.39, 0.29) is 12.2 Å². The van der Waals surface area contributed by atoms with Gasteiger partial charge in [-0.2, -0.15) is 0 Å². The minimum absolute atomic E-state index is 0.00420. The molecule has 84 valence electrons.